The molecule has 3 rings (SSSR count). The zero-order valence-electron chi connectivity index (χ0n) is 13.4. The highest BCUT2D eigenvalue weighted by molar-refractivity contribution is 9.10. The first-order valence-electron chi connectivity index (χ1n) is 7.27. The lowest BCUT2D eigenvalue weighted by atomic mass is 10.2. The predicted octanol–water partition coefficient (Wildman–Crippen LogP) is 3.98. The largest absolute Gasteiger partial charge is 0.433 e. The number of hydrogen-bond acceptors (Lipinski definition) is 5. The lowest BCUT2D eigenvalue weighted by Gasteiger charge is -2.09. The number of nitro groups is 1. The number of anilines is 1. The fraction of sp³-hybridized carbons (Fsp3) is 0.133. The molecule has 3 aromatic rings. The van der Waals surface area contributed by atoms with Crippen molar-refractivity contribution in [3.8, 4) is 0 Å². The van der Waals surface area contributed by atoms with Crippen LogP contribution < -0.4 is 5.32 Å². The van der Waals surface area contributed by atoms with Crippen LogP contribution in [0.25, 0.3) is 5.65 Å². The van der Waals surface area contributed by atoms with Crippen LogP contribution in [0.3, 0.4) is 0 Å². The fourth-order valence-electron chi connectivity index (χ4n) is 2.38. The van der Waals surface area contributed by atoms with Gasteiger partial charge in [0, 0.05) is 11.8 Å². The van der Waals surface area contributed by atoms with Crippen LogP contribution in [0.1, 0.15) is 21.9 Å². The fourth-order valence-corrected chi connectivity index (χ4v) is 2.90. The summed E-state index contributed by atoms with van der Waals surface area (Å²) in [6.45, 7) is 1.38. The number of nitro benzene ring substituents is 1. The van der Waals surface area contributed by atoms with E-state index in [-0.39, 0.29) is 27.2 Å². The molecule has 140 valence electrons. The van der Waals surface area contributed by atoms with Gasteiger partial charge in [-0.3, -0.25) is 14.9 Å². The molecule has 1 amide bonds. The van der Waals surface area contributed by atoms with Gasteiger partial charge in [-0.05, 0) is 35.0 Å². The number of hydrogen-bond donors (Lipinski definition) is 1. The van der Waals surface area contributed by atoms with E-state index < -0.39 is 28.4 Å². The first-order chi connectivity index (χ1) is 12.6. The molecule has 0 atom stereocenters. The summed E-state index contributed by atoms with van der Waals surface area (Å²) in [6.07, 6.45) is -4.72. The van der Waals surface area contributed by atoms with Crippen molar-refractivity contribution in [3.63, 3.8) is 0 Å². The zero-order valence-corrected chi connectivity index (χ0v) is 15.0. The highest BCUT2D eigenvalue weighted by atomic mass is 79.9. The third kappa shape index (κ3) is 3.47. The maximum Gasteiger partial charge on any atom is 0.433 e. The van der Waals surface area contributed by atoms with Crippen LogP contribution in [0.5, 0.6) is 0 Å². The SMILES string of the molecule is Cc1cc(C(F)(F)F)n2nc(C(=O)Nc3ccccc3[N+](=O)[O-])c(Br)c2n1. The van der Waals surface area contributed by atoms with Gasteiger partial charge in [-0.1, -0.05) is 12.1 Å². The Labute approximate surface area is 157 Å². The average Bonchev–Trinajstić information content (AvgIpc) is 2.90. The molecule has 27 heavy (non-hydrogen) atoms. The molecule has 1 N–H and O–H groups in total. The Morgan fingerprint density at radius 2 is 2.00 bits per heavy atom. The first kappa shape index (κ1) is 18.8. The maximum absolute atomic E-state index is 13.2. The highest BCUT2D eigenvalue weighted by Gasteiger charge is 2.36. The smallest absolute Gasteiger partial charge is 0.315 e. The van der Waals surface area contributed by atoms with Crippen molar-refractivity contribution >= 4 is 38.9 Å². The number of aromatic nitrogens is 3. The third-order valence-electron chi connectivity index (χ3n) is 3.52. The topological polar surface area (TPSA) is 102 Å². The molecule has 0 saturated heterocycles. The normalized spacial score (nSPS) is 11.6. The second kappa shape index (κ2) is 6.61. The first-order valence-corrected chi connectivity index (χ1v) is 8.06. The van der Waals surface area contributed by atoms with Crippen LogP contribution in [-0.2, 0) is 6.18 Å². The van der Waals surface area contributed by atoms with E-state index in [9.17, 15) is 28.1 Å². The monoisotopic (exact) mass is 443 g/mol. The minimum absolute atomic E-state index is 0.0622. The number of amides is 1. The predicted molar refractivity (Wildman–Crippen MR) is 91.5 cm³/mol. The van der Waals surface area contributed by atoms with Crippen molar-refractivity contribution in [3.05, 3.63) is 62.0 Å². The summed E-state index contributed by atoms with van der Waals surface area (Å²) in [5.41, 5.74) is -2.09. The minimum Gasteiger partial charge on any atom is -0.315 e. The van der Waals surface area contributed by atoms with Crippen molar-refractivity contribution in [2.24, 2.45) is 0 Å². The van der Waals surface area contributed by atoms with Crippen LogP contribution >= 0.6 is 15.9 Å². The molecule has 2 aromatic heterocycles. The van der Waals surface area contributed by atoms with E-state index in [1.807, 2.05) is 0 Å². The number of rotatable bonds is 3. The number of nitrogens with zero attached hydrogens (tertiary/aromatic N) is 4. The summed E-state index contributed by atoms with van der Waals surface area (Å²) in [6, 6.07) is 6.16. The summed E-state index contributed by atoms with van der Waals surface area (Å²) >= 11 is 3.04. The van der Waals surface area contributed by atoms with Crippen molar-refractivity contribution in [1.29, 1.82) is 0 Å². The lowest BCUT2D eigenvalue weighted by molar-refractivity contribution is -0.383. The van der Waals surface area contributed by atoms with Gasteiger partial charge < -0.3 is 5.32 Å². The van der Waals surface area contributed by atoms with Crippen LogP contribution in [0.15, 0.2) is 34.8 Å². The van der Waals surface area contributed by atoms with E-state index in [1.54, 1.807) is 0 Å². The molecule has 1 aromatic carbocycles. The summed E-state index contributed by atoms with van der Waals surface area (Å²) < 4.78 is 40.2. The van der Waals surface area contributed by atoms with Gasteiger partial charge in [0.15, 0.2) is 11.3 Å². The number of aryl methyl sites for hydroxylation is 1. The van der Waals surface area contributed by atoms with Crippen LogP contribution in [0.4, 0.5) is 24.5 Å². The van der Waals surface area contributed by atoms with Crippen LogP contribution in [-0.4, -0.2) is 25.4 Å². The standard InChI is InChI=1S/C15H9BrF3N5O3/c1-7-6-10(15(17,18)19)23-13(20-7)11(16)12(22-23)14(25)21-8-4-2-3-5-9(8)24(26)27/h2-6H,1H3,(H,21,25). The number of carbonyl (C=O) groups excluding carboxylic acids is 1. The lowest BCUT2D eigenvalue weighted by Crippen LogP contribution is -2.16. The Balaban J connectivity index is 2.09. The summed E-state index contributed by atoms with van der Waals surface area (Å²) in [4.78, 5) is 26.8. The molecule has 8 nitrogen and oxygen atoms in total. The number of nitrogens with one attached hydrogen (secondary N) is 1. The van der Waals surface area contributed by atoms with Crippen molar-refractivity contribution in [2.45, 2.75) is 13.1 Å². The van der Waals surface area contributed by atoms with Gasteiger partial charge in [0.05, 0.1) is 9.40 Å². The summed E-state index contributed by atoms with van der Waals surface area (Å²) in [5.74, 6) is -0.924. The summed E-state index contributed by atoms with van der Waals surface area (Å²) in [5, 5.41) is 17.0. The molecule has 0 saturated carbocycles. The number of para-hydroxylation sites is 2. The van der Waals surface area contributed by atoms with Crippen molar-refractivity contribution in [2.75, 3.05) is 5.32 Å². The van der Waals surface area contributed by atoms with Gasteiger partial charge >= 0.3 is 6.18 Å². The molecule has 0 spiro atoms. The van der Waals surface area contributed by atoms with Crippen molar-refractivity contribution in [1.82, 2.24) is 14.6 Å². The van der Waals surface area contributed by atoms with E-state index in [2.05, 4.69) is 31.3 Å². The molecular formula is C15H9BrF3N5O3. The molecule has 2 heterocycles. The number of fused-ring (bicyclic) bond motifs is 1. The second-order valence-electron chi connectivity index (χ2n) is 5.41. The quantitative estimate of drug-likeness (QED) is 0.487. The third-order valence-corrected chi connectivity index (χ3v) is 4.25. The highest BCUT2D eigenvalue weighted by Crippen LogP contribution is 2.33. The molecule has 0 aliphatic heterocycles. The molecule has 0 bridgehead atoms. The van der Waals surface area contributed by atoms with E-state index >= 15 is 0 Å². The van der Waals surface area contributed by atoms with E-state index in [4.69, 9.17) is 0 Å². The van der Waals surface area contributed by atoms with Gasteiger partial charge in [-0.25, -0.2) is 9.50 Å². The maximum atomic E-state index is 13.2. The molecule has 0 radical (unpaired) electrons. The van der Waals surface area contributed by atoms with Gasteiger partial charge in [-0.2, -0.15) is 18.3 Å². The number of halogens is 4. The second-order valence-corrected chi connectivity index (χ2v) is 6.20. The van der Waals surface area contributed by atoms with Crippen LogP contribution in [0.2, 0.25) is 0 Å². The Morgan fingerprint density at radius 1 is 1.33 bits per heavy atom. The van der Waals surface area contributed by atoms with Crippen molar-refractivity contribution < 1.29 is 22.9 Å². The van der Waals surface area contributed by atoms with E-state index in [0.29, 0.717) is 4.52 Å². The number of benzene rings is 1. The minimum atomic E-state index is -4.72. The molecule has 0 aliphatic rings. The Hall–Kier alpha value is -3.02. The Kier molecular flexibility index (Phi) is 4.59. The summed E-state index contributed by atoms with van der Waals surface area (Å²) in [7, 11) is 0. The molecule has 0 unspecified atom stereocenters. The van der Waals surface area contributed by atoms with Gasteiger partial charge in [0.1, 0.15) is 11.4 Å². The zero-order chi connectivity index (χ0) is 19.9. The van der Waals surface area contributed by atoms with Gasteiger partial charge in [0.2, 0.25) is 0 Å². The number of alkyl halides is 3. The van der Waals surface area contributed by atoms with Gasteiger partial charge in [-0.15, -0.1) is 0 Å². The van der Waals surface area contributed by atoms with E-state index in [0.717, 1.165) is 6.07 Å². The average molecular weight is 444 g/mol. The molecule has 0 aliphatic carbocycles. The Bertz CT molecular complexity index is 1080. The molecule has 0 fully saturated rings. The molecule has 12 heteroatoms. The van der Waals surface area contributed by atoms with E-state index in [1.165, 1.54) is 31.2 Å². The van der Waals surface area contributed by atoms with Gasteiger partial charge in [0.25, 0.3) is 11.6 Å². The molecular weight excluding hydrogens is 435 g/mol. The Morgan fingerprint density at radius 3 is 2.63 bits per heavy atom. The number of carbonyl (C=O) groups is 1. The van der Waals surface area contributed by atoms with Crippen LogP contribution in [0, 0.1) is 17.0 Å².